The van der Waals surface area contributed by atoms with Crippen LogP contribution in [-0.2, 0) is 0 Å². The molecule has 4 nitrogen and oxygen atoms in total. The first-order chi connectivity index (χ1) is 4.84. The van der Waals surface area contributed by atoms with E-state index < -0.39 is 0 Å². The highest BCUT2D eigenvalue weighted by atomic mass is 16.1. The molecular formula is C6H7N3O. The summed E-state index contributed by atoms with van der Waals surface area (Å²) in [6.45, 7) is -0.0152. The number of ketones is 1. The average molecular weight is 137 g/mol. The number of hydrogen-bond acceptors (Lipinski definition) is 4. The molecule has 0 aliphatic rings. The fourth-order valence-corrected chi connectivity index (χ4v) is 0.555. The van der Waals surface area contributed by atoms with Gasteiger partial charge in [-0.1, -0.05) is 0 Å². The second kappa shape index (κ2) is 3.03. The second-order valence-corrected chi connectivity index (χ2v) is 1.74. The number of nitrogens with zero attached hydrogens (tertiary/aromatic N) is 2. The number of Topliss-reactive ketones (excluding diaryl/α,β-unsaturated/α-hetero) is 1. The third-order valence-electron chi connectivity index (χ3n) is 1.04. The summed E-state index contributed by atoms with van der Waals surface area (Å²) < 4.78 is 0. The quantitative estimate of drug-likeness (QED) is 0.564. The molecule has 0 aliphatic heterocycles. The summed E-state index contributed by atoms with van der Waals surface area (Å²) in [5, 5.41) is 7.10. The Balaban J connectivity index is 2.85. The molecule has 0 unspecified atom stereocenters. The minimum atomic E-state index is -0.187. The van der Waals surface area contributed by atoms with Crippen LogP contribution in [0.4, 0.5) is 0 Å². The Morgan fingerprint density at radius 2 is 2.50 bits per heavy atom. The van der Waals surface area contributed by atoms with Crippen molar-refractivity contribution in [1.29, 1.82) is 0 Å². The van der Waals surface area contributed by atoms with Crippen molar-refractivity contribution in [3.63, 3.8) is 0 Å². The molecule has 52 valence electrons. The van der Waals surface area contributed by atoms with Gasteiger partial charge in [0.15, 0.2) is 5.78 Å². The van der Waals surface area contributed by atoms with E-state index in [9.17, 15) is 4.79 Å². The molecule has 10 heavy (non-hydrogen) atoms. The zero-order chi connectivity index (χ0) is 7.40. The molecule has 0 amide bonds. The maximum absolute atomic E-state index is 10.8. The third-order valence-corrected chi connectivity index (χ3v) is 1.04. The summed E-state index contributed by atoms with van der Waals surface area (Å²) >= 11 is 0. The van der Waals surface area contributed by atoms with Gasteiger partial charge in [0.2, 0.25) is 0 Å². The van der Waals surface area contributed by atoms with E-state index in [2.05, 4.69) is 10.2 Å². The zero-order valence-electron chi connectivity index (χ0n) is 5.32. The molecule has 1 aromatic heterocycles. The summed E-state index contributed by atoms with van der Waals surface area (Å²) in [6, 6.07) is 3.23. The molecule has 0 saturated heterocycles. The smallest absolute Gasteiger partial charge is 0.196 e. The van der Waals surface area contributed by atoms with Crippen LogP contribution in [0.2, 0.25) is 0 Å². The van der Waals surface area contributed by atoms with Crippen molar-refractivity contribution >= 4 is 5.78 Å². The zero-order valence-corrected chi connectivity index (χ0v) is 5.32. The number of rotatable bonds is 2. The van der Waals surface area contributed by atoms with E-state index >= 15 is 0 Å². The topological polar surface area (TPSA) is 68.9 Å². The maximum Gasteiger partial charge on any atom is 0.196 e. The first-order valence-electron chi connectivity index (χ1n) is 2.85. The van der Waals surface area contributed by atoms with Gasteiger partial charge in [-0.15, -0.1) is 5.10 Å². The molecule has 4 heteroatoms. The van der Waals surface area contributed by atoms with Crippen LogP contribution in [-0.4, -0.2) is 22.5 Å². The predicted octanol–water partition coefficient (Wildman–Crippen LogP) is -0.382. The van der Waals surface area contributed by atoms with Crippen LogP contribution < -0.4 is 5.73 Å². The van der Waals surface area contributed by atoms with Crippen molar-refractivity contribution in [2.24, 2.45) is 5.73 Å². The standard InChI is InChI=1S/C6H7N3O/c7-4-6(10)5-2-1-3-8-9-5/h1-3H,4,7H2. The summed E-state index contributed by atoms with van der Waals surface area (Å²) in [4.78, 5) is 10.8. The van der Waals surface area contributed by atoms with Crippen LogP contribution in [0.15, 0.2) is 18.3 Å². The Morgan fingerprint density at radius 1 is 1.70 bits per heavy atom. The number of carbonyl (C=O) groups is 1. The van der Waals surface area contributed by atoms with Crippen molar-refractivity contribution < 1.29 is 4.79 Å². The minimum absolute atomic E-state index is 0.0152. The van der Waals surface area contributed by atoms with Gasteiger partial charge in [0, 0.05) is 6.20 Å². The van der Waals surface area contributed by atoms with E-state index in [4.69, 9.17) is 5.73 Å². The van der Waals surface area contributed by atoms with Crippen LogP contribution in [0.25, 0.3) is 0 Å². The van der Waals surface area contributed by atoms with Crippen LogP contribution in [0, 0.1) is 0 Å². The van der Waals surface area contributed by atoms with Crippen molar-refractivity contribution in [2.45, 2.75) is 0 Å². The lowest BCUT2D eigenvalue weighted by molar-refractivity contribution is 0.0995. The third kappa shape index (κ3) is 1.35. The Bertz CT molecular complexity index is 222. The van der Waals surface area contributed by atoms with Crippen molar-refractivity contribution in [2.75, 3.05) is 6.54 Å². The normalized spacial score (nSPS) is 9.30. The summed E-state index contributed by atoms with van der Waals surface area (Å²) in [5.74, 6) is -0.187. The molecule has 1 heterocycles. The van der Waals surface area contributed by atoms with E-state index in [1.807, 2.05) is 0 Å². The average Bonchev–Trinajstić information content (AvgIpc) is 2.05. The first kappa shape index (κ1) is 6.82. The highest BCUT2D eigenvalue weighted by Crippen LogP contribution is 1.89. The highest BCUT2D eigenvalue weighted by molar-refractivity contribution is 5.95. The van der Waals surface area contributed by atoms with Crippen LogP contribution in [0.3, 0.4) is 0 Å². The Morgan fingerprint density at radius 3 is 3.00 bits per heavy atom. The number of carbonyl (C=O) groups excluding carboxylic acids is 1. The molecule has 0 bridgehead atoms. The number of hydrogen-bond donors (Lipinski definition) is 1. The van der Waals surface area contributed by atoms with E-state index in [0.29, 0.717) is 5.69 Å². The summed E-state index contributed by atoms with van der Waals surface area (Å²) in [6.07, 6.45) is 1.51. The van der Waals surface area contributed by atoms with Gasteiger partial charge in [-0.3, -0.25) is 4.79 Å². The van der Waals surface area contributed by atoms with E-state index in [-0.39, 0.29) is 12.3 Å². The van der Waals surface area contributed by atoms with Gasteiger partial charge in [-0.2, -0.15) is 5.10 Å². The summed E-state index contributed by atoms with van der Waals surface area (Å²) in [5.41, 5.74) is 5.41. The Labute approximate surface area is 58.1 Å². The van der Waals surface area contributed by atoms with Crippen molar-refractivity contribution in [1.82, 2.24) is 10.2 Å². The van der Waals surface area contributed by atoms with Gasteiger partial charge in [-0.05, 0) is 12.1 Å². The lowest BCUT2D eigenvalue weighted by Crippen LogP contribution is -2.15. The number of aromatic nitrogens is 2. The lowest BCUT2D eigenvalue weighted by atomic mass is 10.3. The molecular weight excluding hydrogens is 130 g/mol. The van der Waals surface area contributed by atoms with E-state index in [1.165, 1.54) is 6.20 Å². The van der Waals surface area contributed by atoms with Crippen LogP contribution in [0.1, 0.15) is 10.5 Å². The SMILES string of the molecule is NCC(=O)c1cccnn1. The number of nitrogens with two attached hydrogens (primary N) is 1. The van der Waals surface area contributed by atoms with Gasteiger partial charge in [0.05, 0.1) is 6.54 Å². The Hall–Kier alpha value is -1.29. The second-order valence-electron chi connectivity index (χ2n) is 1.74. The fourth-order valence-electron chi connectivity index (χ4n) is 0.555. The van der Waals surface area contributed by atoms with E-state index in [0.717, 1.165) is 0 Å². The minimum Gasteiger partial charge on any atom is -0.324 e. The predicted molar refractivity (Wildman–Crippen MR) is 35.4 cm³/mol. The maximum atomic E-state index is 10.8. The van der Waals surface area contributed by atoms with Crippen molar-refractivity contribution in [3.8, 4) is 0 Å². The molecule has 0 aromatic carbocycles. The van der Waals surface area contributed by atoms with E-state index in [1.54, 1.807) is 12.1 Å². The molecule has 0 atom stereocenters. The fraction of sp³-hybridized carbons (Fsp3) is 0.167. The molecule has 1 rings (SSSR count). The molecule has 0 saturated carbocycles. The van der Waals surface area contributed by atoms with Crippen LogP contribution >= 0.6 is 0 Å². The molecule has 1 aromatic rings. The lowest BCUT2D eigenvalue weighted by Gasteiger charge is -1.91. The largest absolute Gasteiger partial charge is 0.324 e. The molecule has 0 spiro atoms. The molecule has 0 aliphatic carbocycles. The Kier molecular flexibility index (Phi) is 2.07. The van der Waals surface area contributed by atoms with Crippen molar-refractivity contribution in [3.05, 3.63) is 24.0 Å². The van der Waals surface area contributed by atoms with Gasteiger partial charge in [-0.25, -0.2) is 0 Å². The first-order valence-corrected chi connectivity index (χ1v) is 2.85. The van der Waals surface area contributed by atoms with Gasteiger partial charge in [0.25, 0.3) is 0 Å². The molecule has 2 N–H and O–H groups in total. The van der Waals surface area contributed by atoms with Gasteiger partial charge in [0.1, 0.15) is 5.69 Å². The molecule has 0 radical (unpaired) electrons. The summed E-state index contributed by atoms with van der Waals surface area (Å²) in [7, 11) is 0. The van der Waals surface area contributed by atoms with Gasteiger partial charge >= 0.3 is 0 Å². The highest BCUT2D eigenvalue weighted by Gasteiger charge is 2.02. The molecule has 0 fully saturated rings. The monoisotopic (exact) mass is 137 g/mol. The van der Waals surface area contributed by atoms with Crippen LogP contribution in [0.5, 0.6) is 0 Å². The van der Waals surface area contributed by atoms with Gasteiger partial charge < -0.3 is 5.73 Å².